The van der Waals surface area contributed by atoms with E-state index in [0.29, 0.717) is 22.8 Å². The number of aryl methyl sites for hydroxylation is 2. The average molecular weight is 421 g/mol. The molecule has 5 nitrogen and oxygen atoms in total. The highest BCUT2D eigenvalue weighted by atomic mass is 32.1. The number of halogens is 1. The third-order valence-corrected chi connectivity index (χ3v) is 5.91. The van der Waals surface area contributed by atoms with Gasteiger partial charge in [-0.15, -0.1) is 11.3 Å². The minimum Gasteiger partial charge on any atom is -0.325 e. The molecule has 0 saturated carbocycles. The Bertz CT molecular complexity index is 1140. The molecule has 152 valence electrons. The molecule has 1 aromatic heterocycles. The van der Waals surface area contributed by atoms with Crippen LogP contribution in [0.25, 0.3) is 0 Å². The number of amides is 2. The molecule has 2 aromatic carbocycles. The van der Waals surface area contributed by atoms with Crippen LogP contribution in [0.2, 0.25) is 0 Å². The molecule has 1 N–H and O–H groups in total. The zero-order chi connectivity index (χ0) is 21.3. The summed E-state index contributed by atoms with van der Waals surface area (Å²) in [6.45, 7) is 3.80. The fourth-order valence-electron chi connectivity index (χ4n) is 3.29. The minimum atomic E-state index is -0.381. The zero-order valence-electron chi connectivity index (χ0n) is 16.6. The molecule has 0 bridgehead atoms. The predicted molar refractivity (Wildman–Crippen MR) is 118 cm³/mol. The third-order valence-electron chi connectivity index (χ3n) is 4.99. The van der Waals surface area contributed by atoms with Gasteiger partial charge in [0, 0.05) is 10.6 Å². The number of rotatable bonds is 4. The molecule has 4 rings (SSSR count). The Balaban J connectivity index is 1.66. The van der Waals surface area contributed by atoms with Crippen molar-refractivity contribution in [2.75, 3.05) is 16.8 Å². The van der Waals surface area contributed by atoms with E-state index in [2.05, 4.69) is 5.32 Å². The summed E-state index contributed by atoms with van der Waals surface area (Å²) in [5.41, 5.74) is 4.53. The Hall–Kier alpha value is -3.32. The highest BCUT2D eigenvalue weighted by Gasteiger charge is 2.27. The maximum Gasteiger partial charge on any atom is 0.244 e. The molecule has 2 heterocycles. The highest BCUT2D eigenvalue weighted by Crippen LogP contribution is 2.36. The summed E-state index contributed by atoms with van der Waals surface area (Å²) in [5.74, 6) is -0.939. The molecule has 0 unspecified atom stereocenters. The van der Waals surface area contributed by atoms with Gasteiger partial charge in [0.05, 0.1) is 23.5 Å². The van der Waals surface area contributed by atoms with Crippen LogP contribution < -0.4 is 10.2 Å². The van der Waals surface area contributed by atoms with Gasteiger partial charge in [-0.25, -0.2) is 9.38 Å². The van der Waals surface area contributed by atoms with Crippen molar-refractivity contribution in [3.05, 3.63) is 75.7 Å². The lowest BCUT2D eigenvalue weighted by atomic mass is 10.1. The monoisotopic (exact) mass is 421 g/mol. The second-order valence-electron chi connectivity index (χ2n) is 7.17. The molecule has 0 aliphatic carbocycles. The number of hydrogen-bond acceptors (Lipinski definition) is 4. The lowest BCUT2D eigenvalue weighted by Gasteiger charge is -2.23. The Labute approximate surface area is 177 Å². The second kappa shape index (κ2) is 8.20. The summed E-state index contributed by atoms with van der Waals surface area (Å²) in [5, 5.41) is 4.66. The van der Waals surface area contributed by atoms with Gasteiger partial charge in [-0.1, -0.05) is 6.07 Å². The Morgan fingerprint density at radius 1 is 1.17 bits per heavy atom. The van der Waals surface area contributed by atoms with E-state index in [-0.39, 0.29) is 30.6 Å². The van der Waals surface area contributed by atoms with Gasteiger partial charge < -0.3 is 10.2 Å². The summed E-state index contributed by atoms with van der Waals surface area (Å²) in [7, 11) is 0. The van der Waals surface area contributed by atoms with Crippen LogP contribution in [0.1, 0.15) is 22.4 Å². The van der Waals surface area contributed by atoms with Gasteiger partial charge in [0.1, 0.15) is 12.4 Å². The Morgan fingerprint density at radius 3 is 2.60 bits per heavy atom. The number of hydrogen-bond donors (Lipinski definition) is 1. The number of anilines is 2. The zero-order valence-corrected chi connectivity index (χ0v) is 17.4. The van der Waals surface area contributed by atoms with Gasteiger partial charge in [-0.2, -0.15) is 0 Å². The van der Waals surface area contributed by atoms with E-state index in [1.54, 1.807) is 0 Å². The van der Waals surface area contributed by atoms with Crippen LogP contribution in [0.4, 0.5) is 21.5 Å². The van der Waals surface area contributed by atoms with Gasteiger partial charge in [0.15, 0.2) is 0 Å². The van der Waals surface area contributed by atoms with Crippen LogP contribution in [0, 0.1) is 19.7 Å². The summed E-state index contributed by atoms with van der Waals surface area (Å²) < 4.78 is 13.1. The van der Waals surface area contributed by atoms with E-state index in [9.17, 15) is 14.0 Å². The lowest BCUT2D eigenvalue weighted by Crippen LogP contribution is -2.38. The van der Waals surface area contributed by atoms with Crippen molar-refractivity contribution in [1.29, 1.82) is 0 Å². The van der Waals surface area contributed by atoms with Gasteiger partial charge in [-0.05, 0) is 72.8 Å². The average Bonchev–Trinajstić information content (AvgIpc) is 3.21. The van der Waals surface area contributed by atoms with Crippen molar-refractivity contribution in [3.8, 4) is 0 Å². The lowest BCUT2D eigenvalue weighted by molar-refractivity contribution is -0.120. The maximum absolute atomic E-state index is 13.1. The first-order valence-electron chi connectivity index (χ1n) is 9.49. The van der Waals surface area contributed by atoms with Crippen molar-refractivity contribution in [3.63, 3.8) is 0 Å². The van der Waals surface area contributed by atoms with Crippen molar-refractivity contribution in [2.24, 2.45) is 4.99 Å². The third kappa shape index (κ3) is 4.16. The number of aliphatic imine (C=N–C) groups is 1. The van der Waals surface area contributed by atoms with Gasteiger partial charge in [-0.3, -0.25) is 9.59 Å². The first kappa shape index (κ1) is 20.0. The molecule has 3 aromatic rings. The quantitative estimate of drug-likeness (QED) is 0.644. The number of carbonyl (C=O) groups is 2. The first-order valence-corrected chi connectivity index (χ1v) is 10.4. The molecule has 0 atom stereocenters. The van der Waals surface area contributed by atoms with Gasteiger partial charge in [0.25, 0.3) is 0 Å². The fourth-order valence-corrected chi connectivity index (χ4v) is 4.00. The van der Waals surface area contributed by atoms with Crippen LogP contribution in [0.15, 0.2) is 58.9 Å². The van der Waals surface area contributed by atoms with E-state index < -0.39 is 0 Å². The van der Waals surface area contributed by atoms with Gasteiger partial charge >= 0.3 is 0 Å². The first-order chi connectivity index (χ1) is 14.4. The Kier molecular flexibility index (Phi) is 5.46. The number of nitrogens with one attached hydrogen (secondary N) is 1. The summed E-state index contributed by atoms with van der Waals surface area (Å²) in [6.07, 6.45) is 0.108. The summed E-state index contributed by atoms with van der Waals surface area (Å²) in [4.78, 5) is 33.0. The molecule has 30 heavy (non-hydrogen) atoms. The minimum absolute atomic E-state index is 0.108. The van der Waals surface area contributed by atoms with E-state index in [1.807, 2.05) is 43.5 Å². The van der Waals surface area contributed by atoms with E-state index >= 15 is 0 Å². The largest absolute Gasteiger partial charge is 0.325 e. The van der Waals surface area contributed by atoms with Crippen molar-refractivity contribution in [1.82, 2.24) is 0 Å². The topological polar surface area (TPSA) is 61.8 Å². The molecular formula is C23H20FN3O2S. The van der Waals surface area contributed by atoms with Crippen LogP contribution in [0.3, 0.4) is 0 Å². The number of nitrogens with zero attached hydrogens (tertiary/aromatic N) is 2. The van der Waals surface area contributed by atoms with Crippen LogP contribution >= 0.6 is 11.3 Å². The van der Waals surface area contributed by atoms with Crippen molar-refractivity contribution >= 4 is 45.9 Å². The summed E-state index contributed by atoms with van der Waals surface area (Å²) in [6, 6.07) is 13.2. The molecule has 0 spiro atoms. The van der Waals surface area contributed by atoms with Crippen molar-refractivity contribution in [2.45, 2.75) is 20.3 Å². The molecule has 0 radical (unpaired) electrons. The number of benzene rings is 2. The SMILES string of the molecule is Cc1cc2c(cc1C)N(CC(=O)Nc1ccc(F)cc1)C(=O)CC(c1cccs1)=N2. The molecular weight excluding hydrogens is 401 g/mol. The standard InChI is InChI=1S/C23H20FN3O2S/c1-14-10-18-20(11-15(14)2)27(13-22(28)25-17-7-5-16(24)6-8-17)23(29)12-19(26-18)21-4-3-9-30-21/h3-11H,12-13H2,1-2H3,(H,25,28). The number of thiophene rings is 1. The van der Waals surface area contributed by atoms with Crippen molar-refractivity contribution < 1.29 is 14.0 Å². The molecule has 1 aliphatic rings. The number of carbonyl (C=O) groups excluding carboxylic acids is 2. The summed E-state index contributed by atoms with van der Waals surface area (Å²) >= 11 is 1.53. The van der Waals surface area contributed by atoms with E-state index in [4.69, 9.17) is 4.99 Å². The molecule has 7 heteroatoms. The van der Waals surface area contributed by atoms with Crippen LogP contribution in [-0.4, -0.2) is 24.1 Å². The number of fused-ring (bicyclic) bond motifs is 1. The van der Waals surface area contributed by atoms with E-state index in [1.165, 1.54) is 40.5 Å². The second-order valence-corrected chi connectivity index (χ2v) is 8.12. The predicted octanol–water partition coefficient (Wildman–Crippen LogP) is 5.00. The molecule has 1 aliphatic heterocycles. The van der Waals surface area contributed by atoms with Crippen LogP contribution in [-0.2, 0) is 9.59 Å². The molecule has 0 fully saturated rings. The van der Waals surface area contributed by atoms with Gasteiger partial charge in [0.2, 0.25) is 11.8 Å². The molecule has 0 saturated heterocycles. The highest BCUT2D eigenvalue weighted by molar-refractivity contribution is 7.12. The maximum atomic E-state index is 13.1. The normalized spacial score (nSPS) is 13.5. The van der Waals surface area contributed by atoms with Crippen LogP contribution in [0.5, 0.6) is 0 Å². The fraction of sp³-hybridized carbons (Fsp3) is 0.174. The Morgan fingerprint density at radius 2 is 1.90 bits per heavy atom. The van der Waals surface area contributed by atoms with E-state index in [0.717, 1.165) is 16.0 Å². The molecule has 2 amide bonds. The smallest absolute Gasteiger partial charge is 0.244 e.